The van der Waals surface area contributed by atoms with E-state index in [1.54, 1.807) is 7.11 Å². The number of likely N-dealkylation sites (N-methyl/N-ethyl adjacent to an activating group) is 1. The SMILES string of the molecule is COc1ccccc1C(CNC(=O)c1oc2ccccc2c1COc1ccccc1)N(C)C. The number of hydrogen-bond acceptors (Lipinski definition) is 5. The first-order valence-corrected chi connectivity index (χ1v) is 10.8. The van der Waals surface area contributed by atoms with Gasteiger partial charge in [0.2, 0.25) is 0 Å². The zero-order valence-corrected chi connectivity index (χ0v) is 19.1. The summed E-state index contributed by atoms with van der Waals surface area (Å²) in [5, 5.41) is 3.91. The number of ether oxygens (including phenoxy) is 2. The predicted molar refractivity (Wildman–Crippen MR) is 129 cm³/mol. The Morgan fingerprint density at radius 1 is 0.970 bits per heavy atom. The molecule has 170 valence electrons. The van der Waals surface area contributed by atoms with Crippen LogP contribution < -0.4 is 14.8 Å². The van der Waals surface area contributed by atoms with E-state index in [9.17, 15) is 4.79 Å². The fourth-order valence-electron chi connectivity index (χ4n) is 3.88. The molecule has 33 heavy (non-hydrogen) atoms. The van der Waals surface area contributed by atoms with Crippen LogP contribution in [-0.2, 0) is 6.61 Å². The molecule has 1 atom stereocenters. The largest absolute Gasteiger partial charge is 0.496 e. The van der Waals surface area contributed by atoms with E-state index in [0.29, 0.717) is 12.1 Å². The number of para-hydroxylation sites is 3. The molecule has 0 aliphatic heterocycles. The Hall–Kier alpha value is -3.77. The van der Waals surface area contributed by atoms with Gasteiger partial charge in [0.25, 0.3) is 5.91 Å². The van der Waals surface area contributed by atoms with Crippen molar-refractivity contribution < 1.29 is 18.7 Å². The molecule has 4 rings (SSSR count). The summed E-state index contributed by atoms with van der Waals surface area (Å²) in [4.78, 5) is 15.3. The summed E-state index contributed by atoms with van der Waals surface area (Å²) in [5.41, 5.74) is 2.39. The molecule has 3 aromatic carbocycles. The van der Waals surface area contributed by atoms with Gasteiger partial charge in [0, 0.05) is 23.1 Å². The average Bonchev–Trinajstić information content (AvgIpc) is 3.22. The molecular formula is C27H28N2O4. The van der Waals surface area contributed by atoms with Crippen molar-refractivity contribution in [3.63, 3.8) is 0 Å². The Labute approximate surface area is 193 Å². The average molecular weight is 445 g/mol. The molecule has 1 N–H and O–H groups in total. The van der Waals surface area contributed by atoms with Crippen LogP contribution in [0.2, 0.25) is 0 Å². The highest BCUT2D eigenvalue weighted by molar-refractivity contribution is 5.99. The number of nitrogens with zero attached hydrogens (tertiary/aromatic N) is 1. The molecule has 1 heterocycles. The van der Waals surface area contributed by atoms with Crippen molar-refractivity contribution in [2.75, 3.05) is 27.7 Å². The lowest BCUT2D eigenvalue weighted by atomic mass is 10.0. The number of carbonyl (C=O) groups excluding carboxylic acids is 1. The van der Waals surface area contributed by atoms with Crippen molar-refractivity contribution in [3.8, 4) is 11.5 Å². The lowest BCUT2D eigenvalue weighted by molar-refractivity contribution is 0.0912. The topological polar surface area (TPSA) is 63.9 Å². The highest BCUT2D eigenvalue weighted by Crippen LogP contribution is 2.29. The van der Waals surface area contributed by atoms with E-state index in [1.807, 2.05) is 93.0 Å². The van der Waals surface area contributed by atoms with E-state index >= 15 is 0 Å². The molecule has 4 aromatic rings. The van der Waals surface area contributed by atoms with Crippen LogP contribution in [-0.4, -0.2) is 38.6 Å². The van der Waals surface area contributed by atoms with Crippen LogP contribution in [0, 0.1) is 0 Å². The third-order valence-corrected chi connectivity index (χ3v) is 5.61. The van der Waals surface area contributed by atoms with Crippen LogP contribution in [0.1, 0.15) is 27.7 Å². The second kappa shape index (κ2) is 10.2. The van der Waals surface area contributed by atoms with E-state index in [2.05, 4.69) is 10.2 Å². The third-order valence-electron chi connectivity index (χ3n) is 5.61. The number of furan rings is 1. The molecule has 0 saturated carbocycles. The monoisotopic (exact) mass is 444 g/mol. The maximum Gasteiger partial charge on any atom is 0.287 e. The zero-order valence-electron chi connectivity index (χ0n) is 19.1. The van der Waals surface area contributed by atoms with E-state index in [4.69, 9.17) is 13.9 Å². The molecule has 0 bridgehead atoms. The van der Waals surface area contributed by atoms with Crippen molar-refractivity contribution in [1.82, 2.24) is 10.2 Å². The quantitative estimate of drug-likeness (QED) is 0.391. The van der Waals surface area contributed by atoms with Gasteiger partial charge < -0.3 is 24.1 Å². The van der Waals surface area contributed by atoms with Gasteiger partial charge in [-0.15, -0.1) is 0 Å². The molecule has 0 fully saturated rings. The van der Waals surface area contributed by atoms with Gasteiger partial charge in [0.05, 0.1) is 13.2 Å². The number of rotatable bonds is 9. The van der Waals surface area contributed by atoms with E-state index in [0.717, 1.165) is 28.0 Å². The van der Waals surface area contributed by atoms with Crippen molar-refractivity contribution in [2.45, 2.75) is 12.6 Å². The molecular weight excluding hydrogens is 416 g/mol. The van der Waals surface area contributed by atoms with Gasteiger partial charge >= 0.3 is 0 Å². The first-order valence-electron chi connectivity index (χ1n) is 10.8. The minimum atomic E-state index is -0.278. The number of benzene rings is 3. The van der Waals surface area contributed by atoms with Gasteiger partial charge in [0.1, 0.15) is 23.7 Å². The number of nitrogens with one attached hydrogen (secondary N) is 1. The van der Waals surface area contributed by atoms with Gasteiger partial charge in [-0.3, -0.25) is 4.79 Å². The lowest BCUT2D eigenvalue weighted by Crippen LogP contribution is -2.35. The van der Waals surface area contributed by atoms with Gasteiger partial charge in [0.15, 0.2) is 5.76 Å². The second-order valence-electron chi connectivity index (χ2n) is 7.94. The van der Waals surface area contributed by atoms with E-state index in [1.165, 1.54) is 0 Å². The molecule has 1 amide bonds. The van der Waals surface area contributed by atoms with Crippen LogP contribution in [0.3, 0.4) is 0 Å². The standard InChI is InChI=1S/C27H28N2O4/c1-29(2)23(21-14-8-9-15-24(21)31-3)17-28-27(30)26-22(18-32-19-11-5-4-6-12-19)20-13-7-10-16-25(20)33-26/h4-16,23H,17-18H2,1-3H3,(H,28,30). The minimum Gasteiger partial charge on any atom is -0.496 e. The Balaban J connectivity index is 1.57. The molecule has 0 aliphatic carbocycles. The van der Waals surface area contributed by atoms with Crippen LogP contribution >= 0.6 is 0 Å². The number of carbonyl (C=O) groups is 1. The summed E-state index contributed by atoms with van der Waals surface area (Å²) in [7, 11) is 5.60. The van der Waals surface area contributed by atoms with Crippen molar-refractivity contribution >= 4 is 16.9 Å². The van der Waals surface area contributed by atoms with E-state index in [-0.39, 0.29) is 24.3 Å². The molecule has 0 saturated heterocycles. The molecule has 0 radical (unpaired) electrons. The highest BCUT2D eigenvalue weighted by atomic mass is 16.5. The summed E-state index contributed by atoms with van der Waals surface area (Å²) >= 11 is 0. The first-order chi connectivity index (χ1) is 16.1. The number of fused-ring (bicyclic) bond motifs is 1. The molecule has 0 spiro atoms. The molecule has 0 aliphatic rings. The Bertz CT molecular complexity index is 1220. The van der Waals surface area contributed by atoms with Crippen LogP contribution in [0.5, 0.6) is 11.5 Å². The summed E-state index contributed by atoms with van der Waals surface area (Å²) < 4.78 is 17.4. The molecule has 6 heteroatoms. The van der Waals surface area contributed by atoms with Crippen LogP contribution in [0.15, 0.2) is 83.3 Å². The molecule has 1 aromatic heterocycles. The van der Waals surface area contributed by atoms with Crippen LogP contribution in [0.4, 0.5) is 0 Å². The summed E-state index contributed by atoms with van der Waals surface area (Å²) in [6, 6.07) is 24.9. The number of methoxy groups -OCH3 is 1. The van der Waals surface area contributed by atoms with Crippen molar-refractivity contribution in [1.29, 1.82) is 0 Å². The Morgan fingerprint density at radius 2 is 1.67 bits per heavy atom. The summed E-state index contributed by atoms with van der Waals surface area (Å²) in [5.74, 6) is 1.51. The van der Waals surface area contributed by atoms with Gasteiger partial charge in [-0.2, -0.15) is 0 Å². The normalized spacial score (nSPS) is 12.0. The lowest BCUT2D eigenvalue weighted by Gasteiger charge is -2.26. The number of amides is 1. The highest BCUT2D eigenvalue weighted by Gasteiger charge is 2.24. The van der Waals surface area contributed by atoms with Gasteiger partial charge in [-0.1, -0.05) is 54.6 Å². The van der Waals surface area contributed by atoms with Crippen LogP contribution in [0.25, 0.3) is 11.0 Å². The summed E-state index contributed by atoms with van der Waals surface area (Å²) in [6.45, 7) is 0.621. The smallest absolute Gasteiger partial charge is 0.287 e. The van der Waals surface area contributed by atoms with Gasteiger partial charge in [-0.05, 0) is 38.4 Å². The fraction of sp³-hybridized carbons (Fsp3) is 0.222. The molecule has 1 unspecified atom stereocenters. The summed E-state index contributed by atoms with van der Waals surface area (Å²) in [6.07, 6.45) is 0. The zero-order chi connectivity index (χ0) is 23.2. The Morgan fingerprint density at radius 3 is 2.42 bits per heavy atom. The van der Waals surface area contributed by atoms with Crippen molar-refractivity contribution in [2.24, 2.45) is 0 Å². The van der Waals surface area contributed by atoms with Gasteiger partial charge in [-0.25, -0.2) is 0 Å². The second-order valence-corrected chi connectivity index (χ2v) is 7.94. The maximum absolute atomic E-state index is 13.2. The first kappa shape index (κ1) is 22.4. The maximum atomic E-state index is 13.2. The minimum absolute atomic E-state index is 0.0708. The third kappa shape index (κ3) is 5.02. The molecule has 6 nitrogen and oxygen atoms in total. The number of hydrogen-bond donors (Lipinski definition) is 1. The Kier molecular flexibility index (Phi) is 6.95. The fourth-order valence-corrected chi connectivity index (χ4v) is 3.88. The predicted octanol–water partition coefficient (Wildman–Crippen LogP) is 5.05. The van der Waals surface area contributed by atoms with Crippen molar-refractivity contribution in [3.05, 3.63) is 95.7 Å². The van der Waals surface area contributed by atoms with E-state index < -0.39 is 0 Å².